The minimum Gasteiger partial charge on any atom is -0.481 e. The molecule has 0 aromatic rings. The fourth-order valence-electron chi connectivity index (χ4n) is 4.02. The normalized spacial score (nSPS) is 36.5. The molecular formula is C14H22N2O4. The zero-order valence-corrected chi connectivity index (χ0v) is 11.8. The molecule has 4 unspecified atom stereocenters. The largest absolute Gasteiger partial charge is 0.481 e. The second kappa shape index (κ2) is 5.24. The summed E-state index contributed by atoms with van der Waals surface area (Å²) in [5.41, 5.74) is 0. The first kappa shape index (κ1) is 13.7. The van der Waals surface area contributed by atoms with Gasteiger partial charge in [-0.05, 0) is 32.1 Å². The maximum atomic E-state index is 12.7. The van der Waals surface area contributed by atoms with Crippen LogP contribution in [0.15, 0.2) is 0 Å². The molecule has 0 spiro atoms. The highest BCUT2D eigenvalue weighted by molar-refractivity contribution is 5.79. The lowest BCUT2D eigenvalue weighted by atomic mass is 9.89. The molecule has 2 bridgehead atoms. The Bertz CT molecular complexity index is 414. The molecule has 0 aliphatic carbocycles. The number of carboxylic acid groups (broad SMARTS) is 1. The van der Waals surface area contributed by atoms with Crippen LogP contribution in [0.2, 0.25) is 0 Å². The molecule has 3 rings (SSSR count). The van der Waals surface area contributed by atoms with Crippen LogP contribution in [0.1, 0.15) is 32.1 Å². The Morgan fingerprint density at radius 1 is 1.25 bits per heavy atom. The van der Waals surface area contributed by atoms with Crippen LogP contribution in [0.4, 0.5) is 4.79 Å². The number of likely N-dealkylation sites (tertiary alicyclic amines) is 1. The number of aliphatic carboxylic acids is 1. The summed E-state index contributed by atoms with van der Waals surface area (Å²) in [6.45, 7) is 1.38. The zero-order chi connectivity index (χ0) is 14.3. The van der Waals surface area contributed by atoms with Crippen molar-refractivity contribution < 1.29 is 19.4 Å². The van der Waals surface area contributed by atoms with Gasteiger partial charge < -0.3 is 19.6 Å². The van der Waals surface area contributed by atoms with Crippen molar-refractivity contribution in [2.24, 2.45) is 5.92 Å². The van der Waals surface area contributed by atoms with Gasteiger partial charge in [-0.15, -0.1) is 0 Å². The van der Waals surface area contributed by atoms with Crippen molar-refractivity contribution in [1.29, 1.82) is 0 Å². The summed E-state index contributed by atoms with van der Waals surface area (Å²) in [5.74, 6) is -1.14. The quantitative estimate of drug-likeness (QED) is 0.825. The van der Waals surface area contributed by atoms with Crippen LogP contribution in [-0.4, -0.2) is 65.3 Å². The van der Waals surface area contributed by atoms with Crippen LogP contribution in [0.3, 0.4) is 0 Å². The number of fused-ring (bicyclic) bond motifs is 2. The number of rotatable bonds is 2. The van der Waals surface area contributed by atoms with E-state index in [1.807, 2.05) is 9.80 Å². The molecule has 3 heterocycles. The molecule has 6 nitrogen and oxygen atoms in total. The summed E-state index contributed by atoms with van der Waals surface area (Å²) in [7, 11) is 1.68. The molecule has 3 aliphatic heterocycles. The van der Waals surface area contributed by atoms with E-state index in [4.69, 9.17) is 4.74 Å². The molecule has 112 valence electrons. The van der Waals surface area contributed by atoms with Gasteiger partial charge in [-0.2, -0.15) is 0 Å². The van der Waals surface area contributed by atoms with Crippen molar-refractivity contribution in [3.05, 3.63) is 0 Å². The molecular weight excluding hydrogens is 260 g/mol. The Balaban J connectivity index is 1.70. The van der Waals surface area contributed by atoms with E-state index in [9.17, 15) is 14.7 Å². The van der Waals surface area contributed by atoms with Gasteiger partial charge in [0, 0.05) is 32.3 Å². The van der Waals surface area contributed by atoms with Gasteiger partial charge >= 0.3 is 12.0 Å². The summed E-state index contributed by atoms with van der Waals surface area (Å²) in [6, 6.07) is 0.0347. The van der Waals surface area contributed by atoms with Crippen molar-refractivity contribution in [3.63, 3.8) is 0 Å². The SMILES string of the molecule is COC1CCCN(C(=O)N2C3CCC2C(C(=O)O)C3)C1. The predicted octanol–water partition coefficient (Wildman–Crippen LogP) is 1.15. The van der Waals surface area contributed by atoms with Crippen LogP contribution < -0.4 is 0 Å². The Morgan fingerprint density at radius 3 is 2.70 bits per heavy atom. The monoisotopic (exact) mass is 282 g/mol. The van der Waals surface area contributed by atoms with Gasteiger partial charge in [0.2, 0.25) is 0 Å². The number of nitrogens with zero attached hydrogens (tertiary/aromatic N) is 2. The smallest absolute Gasteiger partial charge is 0.320 e. The second-order valence-electron chi connectivity index (χ2n) is 6.11. The van der Waals surface area contributed by atoms with E-state index in [0.29, 0.717) is 13.0 Å². The third-order valence-electron chi connectivity index (χ3n) is 5.06. The number of urea groups is 1. The second-order valence-corrected chi connectivity index (χ2v) is 6.11. The summed E-state index contributed by atoms with van der Waals surface area (Å²) < 4.78 is 5.36. The van der Waals surface area contributed by atoms with E-state index >= 15 is 0 Å². The zero-order valence-electron chi connectivity index (χ0n) is 11.8. The first-order valence-corrected chi connectivity index (χ1v) is 7.44. The fourth-order valence-corrected chi connectivity index (χ4v) is 4.02. The van der Waals surface area contributed by atoms with Gasteiger partial charge in [0.1, 0.15) is 0 Å². The first-order chi connectivity index (χ1) is 9.61. The van der Waals surface area contributed by atoms with Gasteiger partial charge in [0.05, 0.1) is 12.0 Å². The number of ether oxygens (including phenoxy) is 1. The number of piperidine rings is 1. The molecule has 20 heavy (non-hydrogen) atoms. The standard InChI is InChI=1S/C14H22N2O4/c1-20-10-3-2-6-15(8-10)14(19)16-9-4-5-12(16)11(7-9)13(17)18/h9-12H,2-8H2,1H3,(H,17,18). The number of carbonyl (C=O) groups excluding carboxylic acids is 1. The number of methoxy groups -OCH3 is 1. The van der Waals surface area contributed by atoms with Crippen LogP contribution in [0.5, 0.6) is 0 Å². The van der Waals surface area contributed by atoms with Crippen LogP contribution in [0.25, 0.3) is 0 Å². The van der Waals surface area contributed by atoms with Gasteiger partial charge in [-0.25, -0.2) is 4.79 Å². The van der Waals surface area contributed by atoms with Crippen molar-refractivity contribution in [2.45, 2.75) is 50.3 Å². The third kappa shape index (κ3) is 2.16. The summed E-state index contributed by atoms with van der Waals surface area (Å²) in [5, 5.41) is 9.25. The van der Waals surface area contributed by atoms with Crippen LogP contribution in [-0.2, 0) is 9.53 Å². The van der Waals surface area contributed by atoms with Gasteiger partial charge in [0.25, 0.3) is 0 Å². The van der Waals surface area contributed by atoms with E-state index in [1.165, 1.54) is 0 Å². The van der Waals surface area contributed by atoms with Crippen LogP contribution in [0, 0.1) is 5.92 Å². The molecule has 3 fully saturated rings. The van der Waals surface area contributed by atoms with Crippen molar-refractivity contribution in [3.8, 4) is 0 Å². The molecule has 4 atom stereocenters. The average molecular weight is 282 g/mol. The predicted molar refractivity (Wildman–Crippen MR) is 71.4 cm³/mol. The molecule has 0 aromatic carbocycles. The lowest BCUT2D eigenvalue weighted by molar-refractivity contribution is -0.142. The number of carbonyl (C=O) groups is 2. The number of hydrogen-bond acceptors (Lipinski definition) is 3. The average Bonchev–Trinajstić information content (AvgIpc) is 3.04. The van der Waals surface area contributed by atoms with E-state index in [1.54, 1.807) is 7.11 Å². The minimum atomic E-state index is -0.761. The molecule has 2 amide bonds. The lowest BCUT2D eigenvalue weighted by Crippen LogP contribution is -2.51. The Morgan fingerprint density at radius 2 is 2.05 bits per heavy atom. The highest BCUT2D eigenvalue weighted by atomic mass is 16.5. The van der Waals surface area contributed by atoms with Crippen LogP contribution >= 0.6 is 0 Å². The molecule has 0 radical (unpaired) electrons. The maximum absolute atomic E-state index is 12.7. The molecule has 0 saturated carbocycles. The van der Waals surface area contributed by atoms with Crippen molar-refractivity contribution in [2.75, 3.05) is 20.2 Å². The van der Waals surface area contributed by atoms with Crippen molar-refractivity contribution >= 4 is 12.0 Å². The number of amides is 2. The maximum Gasteiger partial charge on any atom is 0.320 e. The first-order valence-electron chi connectivity index (χ1n) is 7.44. The van der Waals surface area contributed by atoms with Gasteiger partial charge in [-0.1, -0.05) is 0 Å². The Labute approximate surface area is 118 Å². The lowest BCUT2D eigenvalue weighted by Gasteiger charge is -2.36. The minimum absolute atomic E-state index is 0.0167. The Kier molecular flexibility index (Phi) is 3.58. The summed E-state index contributed by atoms with van der Waals surface area (Å²) in [4.78, 5) is 27.6. The molecule has 6 heteroatoms. The van der Waals surface area contributed by atoms with E-state index < -0.39 is 5.97 Å². The molecule has 0 aromatic heterocycles. The number of carboxylic acids is 1. The summed E-state index contributed by atoms with van der Waals surface area (Å²) in [6.07, 6.45) is 4.45. The van der Waals surface area contributed by atoms with Gasteiger partial charge in [-0.3, -0.25) is 4.79 Å². The van der Waals surface area contributed by atoms with E-state index in [2.05, 4.69) is 0 Å². The molecule has 3 aliphatic rings. The highest BCUT2D eigenvalue weighted by Gasteiger charge is 2.52. The topological polar surface area (TPSA) is 70.1 Å². The Hall–Kier alpha value is -1.30. The third-order valence-corrected chi connectivity index (χ3v) is 5.06. The van der Waals surface area contributed by atoms with Crippen molar-refractivity contribution in [1.82, 2.24) is 9.80 Å². The molecule has 3 saturated heterocycles. The van der Waals surface area contributed by atoms with E-state index in [0.717, 1.165) is 32.2 Å². The fraction of sp³-hybridized carbons (Fsp3) is 0.857. The van der Waals surface area contributed by atoms with E-state index in [-0.39, 0.29) is 30.1 Å². The van der Waals surface area contributed by atoms with Gasteiger partial charge in [0.15, 0.2) is 0 Å². The molecule has 1 N–H and O–H groups in total. The number of hydrogen-bond donors (Lipinski definition) is 1. The summed E-state index contributed by atoms with van der Waals surface area (Å²) >= 11 is 0. The highest BCUT2D eigenvalue weighted by Crippen LogP contribution is 2.42.